The number of aliphatic hydroxyl groups is 1. The van der Waals surface area contributed by atoms with Crippen LogP contribution in [0.3, 0.4) is 0 Å². The molecule has 360 valence electrons. The molecule has 18 heteroatoms. The largest absolute Gasteiger partial charge is 0.493 e. The van der Waals surface area contributed by atoms with Crippen LogP contribution in [0.2, 0.25) is 0 Å². The Morgan fingerprint density at radius 3 is 2.37 bits per heavy atom. The molecule has 0 bridgehead atoms. The van der Waals surface area contributed by atoms with E-state index in [1.54, 1.807) is 56.7 Å². The molecule has 12 nitrogen and oxygen atoms in total. The van der Waals surface area contributed by atoms with Gasteiger partial charge in [0, 0.05) is 66.5 Å². The number of hydrogen-bond acceptors (Lipinski definition) is 9. The van der Waals surface area contributed by atoms with E-state index in [1.807, 2.05) is 43.3 Å². The number of alkyl halides is 3. The number of carbonyl (C=O) groups excluding carboxylic acids is 3. The summed E-state index contributed by atoms with van der Waals surface area (Å²) in [4.78, 5) is 51.4. The summed E-state index contributed by atoms with van der Waals surface area (Å²) in [6.07, 6.45) is -3.64. The van der Waals surface area contributed by atoms with Crippen LogP contribution in [0.5, 0.6) is 5.75 Å². The van der Waals surface area contributed by atoms with Crippen molar-refractivity contribution in [3.63, 3.8) is 0 Å². The average molecular weight is 953 g/mol. The van der Waals surface area contributed by atoms with Crippen molar-refractivity contribution in [2.24, 2.45) is 5.41 Å². The predicted octanol–water partition coefficient (Wildman–Crippen LogP) is 8.15. The van der Waals surface area contributed by atoms with Gasteiger partial charge in [-0.1, -0.05) is 63.2 Å². The first-order valence-electron chi connectivity index (χ1n) is 22.5. The smallest absolute Gasteiger partial charge is 0.401 e. The number of para-hydroxylation sites is 1. The van der Waals surface area contributed by atoms with Gasteiger partial charge in [0.1, 0.15) is 36.1 Å². The van der Waals surface area contributed by atoms with E-state index in [0.29, 0.717) is 30.5 Å². The molecule has 2 aliphatic heterocycles. The van der Waals surface area contributed by atoms with Crippen molar-refractivity contribution in [3.05, 3.63) is 106 Å². The van der Waals surface area contributed by atoms with Crippen LogP contribution in [0.4, 0.5) is 22.0 Å². The van der Waals surface area contributed by atoms with Crippen LogP contribution in [0, 0.1) is 24.0 Å². The first-order chi connectivity index (χ1) is 31.8. The highest BCUT2D eigenvalue weighted by molar-refractivity contribution is 7.13. The third-order valence-electron chi connectivity index (χ3n) is 12.4. The summed E-state index contributed by atoms with van der Waals surface area (Å²) in [5.41, 5.74) is 5.10. The fourth-order valence-corrected chi connectivity index (χ4v) is 9.81. The lowest BCUT2D eigenvalue weighted by Gasteiger charge is -2.41. The summed E-state index contributed by atoms with van der Waals surface area (Å²) >= 11 is 1.55. The average Bonchev–Trinajstić information content (AvgIpc) is 3.99. The Morgan fingerprint density at radius 2 is 1.70 bits per heavy atom. The fraction of sp³-hybridized carbons (Fsp3) is 0.469. The number of unbranched alkanes of at least 4 members (excludes halogenated alkanes) is 2. The number of halogens is 5. The maximum absolute atomic E-state index is 15.9. The van der Waals surface area contributed by atoms with Crippen molar-refractivity contribution in [1.29, 1.82) is 0 Å². The third kappa shape index (κ3) is 11.8. The molecule has 2 aromatic heterocycles. The molecule has 4 N–H and O–H groups in total. The highest BCUT2D eigenvalue weighted by atomic mass is 32.1. The number of nitrogens with one attached hydrogen (secondary N) is 3. The molecule has 4 heterocycles. The van der Waals surface area contributed by atoms with Crippen LogP contribution in [0.15, 0.2) is 66.2 Å². The maximum atomic E-state index is 15.9. The molecule has 0 saturated carbocycles. The van der Waals surface area contributed by atoms with E-state index in [4.69, 9.17) is 9.47 Å². The molecule has 1 saturated heterocycles. The second-order valence-corrected chi connectivity index (χ2v) is 19.4. The molecule has 7 rings (SSSR count). The van der Waals surface area contributed by atoms with Gasteiger partial charge >= 0.3 is 6.18 Å². The maximum Gasteiger partial charge on any atom is 0.401 e. The first-order valence-corrected chi connectivity index (χ1v) is 23.3. The zero-order chi connectivity index (χ0) is 48.2. The van der Waals surface area contributed by atoms with Gasteiger partial charge in [0.2, 0.25) is 17.7 Å². The molecule has 67 heavy (non-hydrogen) atoms. The number of hydrogen-bond donors (Lipinski definition) is 4. The fourth-order valence-electron chi connectivity index (χ4n) is 9.00. The standard InChI is InChI=1S/C49H57F5N6O6S/c1-28-19-35-34-11-7-8-12-38(34)57-42(35)43(60(28)26-49(52,53)54)41-36(50)21-33(22-37(41)51)66-18-10-6-9-17-65-25-40(62)58-45(48(3,4)5)47(64)59-24-32(61)20-39(59)46(63)55-23-30-13-15-31(16-14-30)44-29(2)56-27-67-44/h7-8,11-16,21-22,27-28,32,39,43,45,57,61H,6,9-10,17-20,23-26H2,1-5H3,(H,55,63)(H,58,62)/t28-,32-,39+,43-,45-/m1/s1. The van der Waals surface area contributed by atoms with Crippen molar-refractivity contribution in [1.82, 2.24) is 30.4 Å². The SMILES string of the molecule is Cc1ncsc1-c1ccc(CNC(=O)[C@@H]2C[C@@H](O)CN2C(=O)[C@@H](NC(=O)COCCCCCOc2cc(F)c([C@@H]3c4[nH]c5ccccc5c4C[C@@H](C)N3CC(F)(F)F)c(F)c2)C(C)(C)C)cc1. The summed E-state index contributed by atoms with van der Waals surface area (Å²) in [6.45, 7) is 7.69. The van der Waals surface area contributed by atoms with E-state index >= 15 is 8.78 Å². The minimum Gasteiger partial charge on any atom is -0.493 e. The van der Waals surface area contributed by atoms with Crippen molar-refractivity contribution >= 4 is 40.0 Å². The van der Waals surface area contributed by atoms with Gasteiger partial charge in [-0.2, -0.15) is 13.2 Å². The van der Waals surface area contributed by atoms with Gasteiger partial charge in [-0.05, 0) is 67.7 Å². The van der Waals surface area contributed by atoms with Crippen LogP contribution >= 0.6 is 11.3 Å². The van der Waals surface area contributed by atoms with Gasteiger partial charge in [-0.3, -0.25) is 19.3 Å². The number of nitrogens with zero attached hydrogens (tertiary/aromatic N) is 3. The molecule has 3 aromatic carbocycles. The van der Waals surface area contributed by atoms with E-state index in [-0.39, 0.29) is 51.5 Å². The van der Waals surface area contributed by atoms with E-state index in [2.05, 4.69) is 20.6 Å². The van der Waals surface area contributed by atoms with Crippen molar-refractivity contribution in [2.45, 2.75) is 110 Å². The molecule has 0 unspecified atom stereocenters. The Bertz CT molecular complexity index is 2520. The summed E-state index contributed by atoms with van der Waals surface area (Å²) in [7, 11) is 0. The molecule has 1 fully saturated rings. The van der Waals surface area contributed by atoms with Crippen molar-refractivity contribution in [3.8, 4) is 16.2 Å². The number of ether oxygens (including phenoxy) is 2. The number of amides is 3. The summed E-state index contributed by atoms with van der Waals surface area (Å²) in [5, 5.41) is 17.0. The predicted molar refractivity (Wildman–Crippen MR) is 244 cm³/mol. The summed E-state index contributed by atoms with van der Waals surface area (Å²) in [6, 6.07) is 13.0. The number of rotatable bonds is 17. The first kappa shape index (κ1) is 49.5. The molecule has 0 spiro atoms. The van der Waals surface area contributed by atoms with Crippen LogP contribution < -0.4 is 15.4 Å². The van der Waals surface area contributed by atoms with Crippen molar-refractivity contribution < 1.29 is 50.9 Å². The molecule has 5 atom stereocenters. The molecule has 0 radical (unpaired) electrons. The number of carbonyl (C=O) groups is 3. The number of fused-ring (bicyclic) bond motifs is 3. The van der Waals surface area contributed by atoms with Crippen LogP contribution in [-0.4, -0.2) is 106 Å². The minimum absolute atomic E-state index is 0.0559. The second-order valence-electron chi connectivity index (χ2n) is 18.5. The summed E-state index contributed by atoms with van der Waals surface area (Å²) < 4.78 is 84.5. The topological polar surface area (TPSA) is 149 Å². The number of benzene rings is 3. The van der Waals surface area contributed by atoms with Gasteiger partial charge in [0.15, 0.2) is 0 Å². The molecule has 5 aromatic rings. The Balaban J connectivity index is 0.865. The lowest BCUT2D eigenvalue weighted by Crippen LogP contribution is -2.58. The van der Waals surface area contributed by atoms with E-state index in [0.717, 1.165) is 49.7 Å². The van der Waals surface area contributed by atoms with E-state index < -0.39 is 83.3 Å². The van der Waals surface area contributed by atoms with Gasteiger partial charge in [-0.15, -0.1) is 11.3 Å². The van der Waals surface area contributed by atoms with Crippen LogP contribution in [0.1, 0.15) is 87.5 Å². The number of likely N-dealkylation sites (tertiary alicyclic amines) is 1. The molecule has 3 amide bonds. The Labute approximate surface area is 390 Å². The third-order valence-corrected chi connectivity index (χ3v) is 13.3. The van der Waals surface area contributed by atoms with Gasteiger partial charge in [-0.25, -0.2) is 13.8 Å². The number of aliphatic hydroxyl groups excluding tert-OH is 1. The number of H-pyrrole nitrogens is 1. The number of β-amino-alcohol motifs (C(OH)–C–C–N with tert-alkyl or cyclic N) is 1. The van der Waals surface area contributed by atoms with E-state index in [1.165, 1.54) is 4.90 Å². The van der Waals surface area contributed by atoms with E-state index in [9.17, 15) is 32.7 Å². The van der Waals surface area contributed by atoms with Crippen LogP contribution in [0.25, 0.3) is 21.3 Å². The zero-order valence-corrected chi connectivity index (χ0v) is 39.0. The monoisotopic (exact) mass is 952 g/mol. The molecular weight excluding hydrogens is 896 g/mol. The lowest BCUT2D eigenvalue weighted by molar-refractivity contribution is -0.155. The number of aromatic amines is 1. The Hall–Kier alpha value is -5.43. The Morgan fingerprint density at radius 1 is 1.00 bits per heavy atom. The molecule has 2 aliphatic rings. The zero-order valence-electron chi connectivity index (χ0n) is 38.1. The Kier molecular flexibility index (Phi) is 15.4. The normalized spacial score (nSPS) is 19.4. The number of aryl methyl sites for hydroxylation is 1. The lowest BCUT2D eigenvalue weighted by atomic mass is 9.85. The quantitative estimate of drug-likeness (QED) is 0.0540. The second kappa shape index (κ2) is 20.8. The van der Waals surface area contributed by atoms with Gasteiger partial charge in [0.05, 0.1) is 41.4 Å². The van der Waals surface area contributed by atoms with Crippen molar-refractivity contribution in [2.75, 3.05) is 32.9 Å². The highest BCUT2D eigenvalue weighted by Gasteiger charge is 2.46. The minimum atomic E-state index is -4.61. The van der Waals surface area contributed by atoms with Crippen LogP contribution in [-0.2, 0) is 32.1 Å². The van der Waals surface area contributed by atoms with Gasteiger partial charge in [0.25, 0.3) is 0 Å². The summed E-state index contributed by atoms with van der Waals surface area (Å²) in [5.74, 6) is -3.58. The number of aromatic nitrogens is 2. The number of thiazole rings is 1. The highest BCUT2D eigenvalue weighted by Crippen LogP contribution is 2.44. The molecule has 0 aliphatic carbocycles. The molecular formula is C49H57F5N6O6S. The van der Waals surface area contributed by atoms with Gasteiger partial charge < -0.3 is 35.1 Å².